The van der Waals surface area contributed by atoms with Gasteiger partial charge in [0.2, 0.25) is 5.95 Å². The summed E-state index contributed by atoms with van der Waals surface area (Å²) in [7, 11) is 0. The van der Waals surface area contributed by atoms with Crippen LogP contribution in [-0.2, 0) is 0 Å². The Morgan fingerprint density at radius 2 is 1.35 bits per heavy atom. The van der Waals surface area contributed by atoms with E-state index in [0.29, 0.717) is 5.69 Å². The van der Waals surface area contributed by atoms with Gasteiger partial charge in [0.25, 0.3) is 0 Å². The van der Waals surface area contributed by atoms with Crippen molar-refractivity contribution in [1.82, 2.24) is 9.97 Å². The Balaban J connectivity index is 1.92. The number of nitrogens with zero attached hydrogens (tertiary/aromatic N) is 4. The predicted octanol–water partition coefficient (Wildman–Crippen LogP) is 3.31. The maximum absolute atomic E-state index is 5.74. The van der Waals surface area contributed by atoms with E-state index in [4.69, 9.17) is 17.2 Å². The third kappa shape index (κ3) is 3.24. The number of anilines is 3. The van der Waals surface area contributed by atoms with Gasteiger partial charge in [-0.3, -0.25) is 0 Å². The number of nitrogens with two attached hydrogens (primary N) is 3. The van der Waals surface area contributed by atoms with Gasteiger partial charge in [0.15, 0.2) is 17.3 Å². The highest BCUT2D eigenvalue weighted by atomic mass is 15.2. The molecule has 2 aromatic carbocycles. The van der Waals surface area contributed by atoms with E-state index >= 15 is 0 Å². The van der Waals surface area contributed by atoms with Crippen molar-refractivity contribution in [2.45, 2.75) is 0 Å². The molecule has 0 bridgehead atoms. The van der Waals surface area contributed by atoms with Gasteiger partial charge in [-0.1, -0.05) is 42.5 Å². The molecule has 0 amide bonds. The van der Waals surface area contributed by atoms with Gasteiger partial charge in [-0.25, -0.2) is 0 Å². The molecule has 6 N–H and O–H groups in total. The maximum Gasteiger partial charge on any atom is 0.224 e. The molecule has 3 rings (SSSR count). The molecule has 3 aromatic rings. The molecular weight excluding hydrogens is 290 g/mol. The normalized spacial score (nSPS) is 11.0. The fraction of sp³-hybridized carbons (Fsp3) is 0. The van der Waals surface area contributed by atoms with Crippen LogP contribution in [0.3, 0.4) is 0 Å². The van der Waals surface area contributed by atoms with E-state index in [1.807, 2.05) is 54.6 Å². The minimum absolute atomic E-state index is 0.00465. The monoisotopic (exact) mass is 305 g/mol. The molecule has 0 aliphatic carbocycles. The lowest BCUT2D eigenvalue weighted by Gasteiger charge is -2.04. The number of azo groups is 1. The summed E-state index contributed by atoms with van der Waals surface area (Å²) in [5.41, 5.74) is 20.0. The van der Waals surface area contributed by atoms with Crippen LogP contribution in [0.1, 0.15) is 0 Å². The number of rotatable bonds is 3. The van der Waals surface area contributed by atoms with Crippen molar-refractivity contribution in [3.05, 3.63) is 54.6 Å². The van der Waals surface area contributed by atoms with E-state index in [1.54, 1.807) is 0 Å². The van der Waals surface area contributed by atoms with Crippen molar-refractivity contribution in [2.24, 2.45) is 10.2 Å². The smallest absolute Gasteiger partial charge is 0.224 e. The first-order valence-electron chi connectivity index (χ1n) is 6.89. The number of aromatic nitrogens is 2. The molecule has 0 radical (unpaired) electrons. The fourth-order valence-electron chi connectivity index (χ4n) is 2.10. The molecule has 0 aliphatic rings. The highest BCUT2D eigenvalue weighted by molar-refractivity contribution is 5.71. The van der Waals surface area contributed by atoms with Gasteiger partial charge in [-0.15, -0.1) is 5.11 Å². The van der Waals surface area contributed by atoms with Crippen molar-refractivity contribution in [2.75, 3.05) is 17.2 Å². The van der Waals surface area contributed by atoms with Crippen molar-refractivity contribution in [3.8, 4) is 11.1 Å². The highest BCUT2D eigenvalue weighted by Gasteiger charge is 2.08. The van der Waals surface area contributed by atoms with Crippen molar-refractivity contribution in [1.29, 1.82) is 0 Å². The molecule has 0 saturated carbocycles. The Morgan fingerprint density at radius 3 is 2.04 bits per heavy atom. The minimum atomic E-state index is 0.00465. The van der Waals surface area contributed by atoms with Crippen LogP contribution in [0.25, 0.3) is 11.1 Å². The Labute approximate surface area is 132 Å². The van der Waals surface area contributed by atoms with Gasteiger partial charge in [0, 0.05) is 0 Å². The van der Waals surface area contributed by atoms with Crippen LogP contribution >= 0.6 is 0 Å². The van der Waals surface area contributed by atoms with Crippen LogP contribution in [0, 0.1) is 0 Å². The van der Waals surface area contributed by atoms with Crippen molar-refractivity contribution < 1.29 is 0 Å². The summed E-state index contributed by atoms with van der Waals surface area (Å²) in [6.07, 6.45) is 0. The summed E-state index contributed by atoms with van der Waals surface area (Å²) in [5, 5.41) is 8.20. The lowest BCUT2D eigenvalue weighted by atomic mass is 10.1. The quantitative estimate of drug-likeness (QED) is 0.639. The second kappa shape index (κ2) is 6.10. The standard InChI is InChI=1S/C16H15N7/c17-14-13(15(18)21-16(19)20-14)23-22-12-8-4-7-11(9-12)10-5-2-1-3-6-10/h1-9H,(H6,17,18,19,20,21). The molecule has 1 heterocycles. The Kier molecular flexibility index (Phi) is 3.84. The predicted molar refractivity (Wildman–Crippen MR) is 91.3 cm³/mol. The zero-order chi connectivity index (χ0) is 16.2. The van der Waals surface area contributed by atoms with Crippen LogP contribution in [0.2, 0.25) is 0 Å². The number of hydrogen-bond donors (Lipinski definition) is 3. The van der Waals surface area contributed by atoms with Gasteiger partial charge in [0.1, 0.15) is 0 Å². The van der Waals surface area contributed by atoms with Crippen LogP contribution in [0.4, 0.5) is 29.0 Å². The second-order valence-electron chi connectivity index (χ2n) is 4.82. The number of nitrogen functional groups attached to an aromatic ring is 3. The van der Waals surface area contributed by atoms with E-state index in [1.165, 1.54) is 0 Å². The van der Waals surface area contributed by atoms with Crippen molar-refractivity contribution in [3.63, 3.8) is 0 Å². The van der Waals surface area contributed by atoms with Gasteiger partial charge < -0.3 is 17.2 Å². The minimum Gasteiger partial charge on any atom is -0.382 e. The lowest BCUT2D eigenvalue weighted by molar-refractivity contribution is 1.15. The number of benzene rings is 2. The van der Waals surface area contributed by atoms with Gasteiger partial charge in [-0.05, 0) is 23.3 Å². The van der Waals surface area contributed by atoms with Gasteiger partial charge in [0.05, 0.1) is 5.69 Å². The first kappa shape index (κ1) is 14.5. The largest absolute Gasteiger partial charge is 0.382 e. The molecule has 114 valence electrons. The van der Waals surface area contributed by atoms with E-state index in [2.05, 4.69) is 20.2 Å². The summed E-state index contributed by atoms with van der Waals surface area (Å²) in [6, 6.07) is 17.7. The maximum atomic E-state index is 5.74. The molecule has 0 spiro atoms. The molecule has 0 aliphatic heterocycles. The average molecular weight is 305 g/mol. The molecule has 0 saturated heterocycles. The van der Waals surface area contributed by atoms with E-state index in [0.717, 1.165) is 11.1 Å². The van der Waals surface area contributed by atoms with E-state index < -0.39 is 0 Å². The zero-order valence-corrected chi connectivity index (χ0v) is 12.2. The number of hydrogen-bond acceptors (Lipinski definition) is 7. The lowest BCUT2D eigenvalue weighted by Crippen LogP contribution is -2.03. The van der Waals surface area contributed by atoms with Crippen LogP contribution in [-0.4, -0.2) is 9.97 Å². The molecule has 1 aromatic heterocycles. The van der Waals surface area contributed by atoms with Gasteiger partial charge >= 0.3 is 0 Å². The van der Waals surface area contributed by atoms with E-state index in [9.17, 15) is 0 Å². The first-order valence-corrected chi connectivity index (χ1v) is 6.89. The SMILES string of the molecule is Nc1nc(N)c(N=Nc2cccc(-c3ccccc3)c2)c(N)n1. The van der Waals surface area contributed by atoms with Crippen LogP contribution in [0.5, 0.6) is 0 Å². The van der Waals surface area contributed by atoms with Gasteiger partial charge in [-0.2, -0.15) is 15.1 Å². The molecule has 0 fully saturated rings. The second-order valence-corrected chi connectivity index (χ2v) is 4.82. The summed E-state index contributed by atoms with van der Waals surface area (Å²) < 4.78 is 0. The highest BCUT2D eigenvalue weighted by Crippen LogP contribution is 2.30. The molecule has 7 heteroatoms. The Hall–Kier alpha value is -3.48. The third-order valence-corrected chi connectivity index (χ3v) is 3.17. The fourth-order valence-corrected chi connectivity index (χ4v) is 2.10. The first-order chi connectivity index (χ1) is 11.1. The topological polar surface area (TPSA) is 129 Å². The van der Waals surface area contributed by atoms with E-state index in [-0.39, 0.29) is 23.3 Å². The molecule has 7 nitrogen and oxygen atoms in total. The molecule has 0 atom stereocenters. The third-order valence-electron chi connectivity index (χ3n) is 3.17. The van der Waals surface area contributed by atoms with Crippen molar-refractivity contribution >= 4 is 29.0 Å². The summed E-state index contributed by atoms with van der Waals surface area (Å²) in [6.45, 7) is 0. The zero-order valence-electron chi connectivity index (χ0n) is 12.2. The summed E-state index contributed by atoms with van der Waals surface area (Å²) >= 11 is 0. The molecular formula is C16H15N7. The van der Waals surface area contributed by atoms with Crippen LogP contribution in [0.15, 0.2) is 64.8 Å². The summed E-state index contributed by atoms with van der Waals surface area (Å²) in [5.74, 6) is 0.195. The molecule has 0 unspecified atom stereocenters. The Morgan fingerprint density at radius 1 is 0.696 bits per heavy atom. The van der Waals surface area contributed by atoms with Crippen LogP contribution < -0.4 is 17.2 Å². The Bertz CT molecular complexity index is 836. The molecule has 23 heavy (non-hydrogen) atoms. The average Bonchev–Trinajstić information content (AvgIpc) is 2.55. The summed E-state index contributed by atoms with van der Waals surface area (Å²) in [4.78, 5) is 7.65.